The van der Waals surface area contributed by atoms with Crippen LogP contribution in [-0.2, 0) is 0 Å². The Morgan fingerprint density at radius 2 is 1.76 bits per heavy atom. The van der Waals surface area contributed by atoms with Crippen molar-refractivity contribution < 1.29 is 9.18 Å². The maximum atomic E-state index is 14.0. The molecule has 2 heterocycles. The van der Waals surface area contributed by atoms with Gasteiger partial charge in [-0.05, 0) is 18.2 Å². The van der Waals surface area contributed by atoms with Gasteiger partial charge in [0.15, 0.2) is 0 Å². The standard InChI is InChI=1S/C21H19BrFN5O/c22-16-6-7-18(17(23)12-16)26-21(29)28-10-8-27(9-11-28)20-13-19(24-14-25-20)15-4-2-1-3-5-15/h1-7,12-14H,8-11H2,(H,26,29). The van der Waals surface area contributed by atoms with E-state index in [1.807, 2.05) is 36.4 Å². The zero-order valence-corrected chi connectivity index (χ0v) is 17.1. The molecule has 0 spiro atoms. The molecule has 1 N–H and O–H groups in total. The maximum Gasteiger partial charge on any atom is 0.322 e. The number of benzene rings is 2. The molecule has 1 saturated heterocycles. The predicted octanol–water partition coefficient (Wildman–Crippen LogP) is 4.40. The van der Waals surface area contributed by atoms with Crippen molar-refractivity contribution in [1.82, 2.24) is 14.9 Å². The summed E-state index contributed by atoms with van der Waals surface area (Å²) in [7, 11) is 0. The van der Waals surface area contributed by atoms with Crippen molar-refractivity contribution in [1.29, 1.82) is 0 Å². The van der Waals surface area contributed by atoms with E-state index in [0.29, 0.717) is 30.7 Å². The first-order valence-corrected chi connectivity index (χ1v) is 10.0. The molecule has 6 nitrogen and oxygen atoms in total. The van der Waals surface area contributed by atoms with Crippen LogP contribution < -0.4 is 10.2 Å². The van der Waals surface area contributed by atoms with Gasteiger partial charge in [0.25, 0.3) is 0 Å². The van der Waals surface area contributed by atoms with Crippen LogP contribution in [0.4, 0.5) is 20.7 Å². The molecule has 1 aromatic heterocycles. The van der Waals surface area contributed by atoms with Crippen LogP contribution in [0.25, 0.3) is 11.3 Å². The number of nitrogens with zero attached hydrogens (tertiary/aromatic N) is 4. The van der Waals surface area contributed by atoms with E-state index in [0.717, 1.165) is 17.1 Å². The maximum absolute atomic E-state index is 14.0. The molecule has 0 unspecified atom stereocenters. The van der Waals surface area contributed by atoms with Crippen LogP contribution in [0, 0.1) is 5.82 Å². The minimum Gasteiger partial charge on any atom is -0.353 e. The Labute approximate surface area is 176 Å². The summed E-state index contributed by atoms with van der Waals surface area (Å²) in [4.78, 5) is 25.0. The zero-order chi connectivity index (χ0) is 20.2. The SMILES string of the molecule is O=C(Nc1ccc(Br)cc1F)N1CCN(c2cc(-c3ccccc3)ncn2)CC1. The lowest BCUT2D eigenvalue weighted by Gasteiger charge is -2.35. The first kappa shape index (κ1) is 19.3. The molecule has 1 fully saturated rings. The highest BCUT2D eigenvalue weighted by atomic mass is 79.9. The Morgan fingerprint density at radius 3 is 2.48 bits per heavy atom. The third kappa shape index (κ3) is 4.54. The largest absolute Gasteiger partial charge is 0.353 e. The molecule has 0 saturated carbocycles. The normalized spacial score (nSPS) is 14.0. The second-order valence-electron chi connectivity index (χ2n) is 6.66. The lowest BCUT2D eigenvalue weighted by atomic mass is 10.1. The fourth-order valence-electron chi connectivity index (χ4n) is 3.21. The fraction of sp³-hybridized carbons (Fsp3) is 0.190. The number of aromatic nitrogens is 2. The van der Waals surface area contributed by atoms with Gasteiger partial charge in [0, 0.05) is 42.3 Å². The number of nitrogens with one attached hydrogen (secondary N) is 1. The van der Waals surface area contributed by atoms with Crippen LogP contribution in [0.15, 0.2) is 65.4 Å². The summed E-state index contributed by atoms with van der Waals surface area (Å²) in [6.07, 6.45) is 1.56. The molecule has 8 heteroatoms. The lowest BCUT2D eigenvalue weighted by molar-refractivity contribution is 0.208. The number of carbonyl (C=O) groups is 1. The van der Waals surface area contributed by atoms with Crippen LogP contribution in [0.1, 0.15) is 0 Å². The topological polar surface area (TPSA) is 61.4 Å². The number of rotatable bonds is 3. The van der Waals surface area contributed by atoms with Gasteiger partial charge in [0.05, 0.1) is 11.4 Å². The molecule has 1 aliphatic rings. The molecule has 2 amide bonds. The molecular formula is C21H19BrFN5O. The summed E-state index contributed by atoms with van der Waals surface area (Å²) in [6.45, 7) is 2.33. The number of anilines is 2. The highest BCUT2D eigenvalue weighted by Gasteiger charge is 2.23. The number of hydrogen-bond acceptors (Lipinski definition) is 4. The van der Waals surface area contributed by atoms with Gasteiger partial charge >= 0.3 is 6.03 Å². The van der Waals surface area contributed by atoms with Crippen molar-refractivity contribution in [2.24, 2.45) is 0 Å². The van der Waals surface area contributed by atoms with Gasteiger partial charge in [-0.1, -0.05) is 46.3 Å². The smallest absolute Gasteiger partial charge is 0.322 e. The summed E-state index contributed by atoms with van der Waals surface area (Å²) in [5.74, 6) is 0.360. The van der Waals surface area contributed by atoms with E-state index < -0.39 is 5.82 Å². The summed E-state index contributed by atoms with van der Waals surface area (Å²) >= 11 is 3.21. The molecule has 0 aliphatic carbocycles. The monoisotopic (exact) mass is 455 g/mol. The molecule has 29 heavy (non-hydrogen) atoms. The van der Waals surface area contributed by atoms with Crippen molar-refractivity contribution >= 4 is 33.5 Å². The quantitative estimate of drug-likeness (QED) is 0.635. The van der Waals surface area contributed by atoms with Crippen molar-refractivity contribution in [3.05, 3.63) is 71.2 Å². The average molecular weight is 456 g/mol. The second kappa shape index (κ2) is 8.57. The number of amides is 2. The van der Waals surface area contributed by atoms with Gasteiger partial charge in [-0.15, -0.1) is 0 Å². The van der Waals surface area contributed by atoms with Gasteiger partial charge < -0.3 is 15.1 Å². The fourth-order valence-corrected chi connectivity index (χ4v) is 3.54. The highest BCUT2D eigenvalue weighted by Crippen LogP contribution is 2.22. The molecule has 3 aromatic rings. The Morgan fingerprint density at radius 1 is 1.00 bits per heavy atom. The average Bonchev–Trinajstić information content (AvgIpc) is 2.76. The van der Waals surface area contributed by atoms with Crippen LogP contribution in [0.5, 0.6) is 0 Å². The first-order valence-electron chi connectivity index (χ1n) is 9.23. The van der Waals surface area contributed by atoms with Gasteiger partial charge in [-0.25, -0.2) is 19.2 Å². The van der Waals surface area contributed by atoms with Gasteiger partial charge in [-0.2, -0.15) is 0 Å². The first-order chi connectivity index (χ1) is 14.1. The van der Waals surface area contributed by atoms with Crippen molar-refractivity contribution in [3.8, 4) is 11.3 Å². The second-order valence-corrected chi connectivity index (χ2v) is 7.57. The molecular weight excluding hydrogens is 437 g/mol. The Balaban J connectivity index is 1.39. The summed E-state index contributed by atoms with van der Waals surface area (Å²) in [5, 5.41) is 2.64. The molecule has 4 rings (SSSR count). The number of hydrogen-bond donors (Lipinski definition) is 1. The molecule has 2 aromatic carbocycles. The van der Waals surface area contributed by atoms with E-state index in [9.17, 15) is 9.18 Å². The number of carbonyl (C=O) groups excluding carboxylic acids is 1. The van der Waals surface area contributed by atoms with Crippen LogP contribution in [-0.4, -0.2) is 47.1 Å². The lowest BCUT2D eigenvalue weighted by Crippen LogP contribution is -2.50. The van der Waals surface area contributed by atoms with Crippen molar-refractivity contribution in [2.45, 2.75) is 0 Å². The summed E-state index contributed by atoms with van der Waals surface area (Å²) in [6, 6.07) is 16.1. The Kier molecular flexibility index (Phi) is 5.71. The summed E-state index contributed by atoms with van der Waals surface area (Å²) < 4.78 is 14.6. The molecule has 148 valence electrons. The van der Waals surface area contributed by atoms with E-state index in [1.165, 1.54) is 6.07 Å². The summed E-state index contributed by atoms with van der Waals surface area (Å²) in [5.41, 5.74) is 2.07. The Bertz CT molecular complexity index is 1010. The van der Waals surface area contributed by atoms with Crippen molar-refractivity contribution in [2.75, 3.05) is 36.4 Å². The van der Waals surface area contributed by atoms with E-state index in [-0.39, 0.29) is 11.7 Å². The van der Waals surface area contributed by atoms with Crippen LogP contribution in [0.3, 0.4) is 0 Å². The third-order valence-corrected chi connectivity index (χ3v) is 5.28. The molecule has 0 atom stereocenters. The van der Waals surface area contributed by atoms with E-state index in [2.05, 4.69) is 36.1 Å². The zero-order valence-electron chi connectivity index (χ0n) is 15.6. The molecule has 0 radical (unpaired) electrons. The third-order valence-electron chi connectivity index (χ3n) is 4.79. The minimum atomic E-state index is -0.471. The van der Waals surface area contributed by atoms with Crippen LogP contribution >= 0.6 is 15.9 Å². The van der Waals surface area contributed by atoms with Crippen molar-refractivity contribution in [3.63, 3.8) is 0 Å². The van der Waals surface area contributed by atoms with E-state index in [1.54, 1.807) is 23.4 Å². The van der Waals surface area contributed by atoms with Crippen LogP contribution in [0.2, 0.25) is 0 Å². The Hall–Kier alpha value is -3.00. The van der Waals surface area contributed by atoms with E-state index >= 15 is 0 Å². The van der Waals surface area contributed by atoms with E-state index in [4.69, 9.17) is 0 Å². The van der Waals surface area contributed by atoms with Gasteiger partial charge in [0.1, 0.15) is 18.0 Å². The molecule has 1 aliphatic heterocycles. The molecule has 0 bridgehead atoms. The highest BCUT2D eigenvalue weighted by molar-refractivity contribution is 9.10. The van der Waals surface area contributed by atoms with Gasteiger partial charge in [0.2, 0.25) is 0 Å². The van der Waals surface area contributed by atoms with Gasteiger partial charge in [-0.3, -0.25) is 0 Å². The number of urea groups is 1. The minimum absolute atomic E-state index is 0.170. The number of piperazine rings is 1. The predicted molar refractivity (Wildman–Crippen MR) is 114 cm³/mol. The number of halogens is 2.